The standard InChI is InChI=1S/C21H26N2O2/c1-22-11-13-23(14-12-22)10-2-3-17-4-6-18(7-5-17)19-8-9-20-21(15-19)25-16-24-20/h4-9,15H,2-3,10-14,16H2,1H3. The lowest BCUT2D eigenvalue weighted by molar-refractivity contribution is 0.153. The molecule has 0 N–H and O–H groups in total. The van der Waals surface area contributed by atoms with Crippen LogP contribution in [0.5, 0.6) is 11.5 Å². The Balaban J connectivity index is 1.31. The van der Waals surface area contributed by atoms with Crippen molar-refractivity contribution in [1.29, 1.82) is 0 Å². The third-order valence-corrected chi connectivity index (χ3v) is 5.20. The molecule has 1 fully saturated rings. The van der Waals surface area contributed by atoms with Crippen LogP contribution in [0.15, 0.2) is 42.5 Å². The first-order valence-electron chi connectivity index (χ1n) is 9.18. The van der Waals surface area contributed by atoms with Crippen LogP contribution >= 0.6 is 0 Å². The van der Waals surface area contributed by atoms with Crippen molar-refractivity contribution < 1.29 is 9.47 Å². The van der Waals surface area contributed by atoms with Crippen molar-refractivity contribution in [3.8, 4) is 22.6 Å². The molecule has 0 radical (unpaired) electrons. The number of hydrogen-bond acceptors (Lipinski definition) is 4. The van der Waals surface area contributed by atoms with Gasteiger partial charge in [0.2, 0.25) is 6.79 Å². The van der Waals surface area contributed by atoms with E-state index in [2.05, 4.69) is 53.2 Å². The Bertz CT molecular complexity index is 706. The molecule has 2 aliphatic rings. The maximum absolute atomic E-state index is 5.47. The maximum atomic E-state index is 5.47. The fourth-order valence-electron chi connectivity index (χ4n) is 3.52. The fourth-order valence-corrected chi connectivity index (χ4v) is 3.52. The molecule has 0 amide bonds. The van der Waals surface area contributed by atoms with E-state index in [0.29, 0.717) is 6.79 Å². The van der Waals surface area contributed by atoms with Crippen molar-refractivity contribution in [2.75, 3.05) is 46.6 Å². The summed E-state index contributed by atoms with van der Waals surface area (Å²) in [6.45, 7) is 6.34. The van der Waals surface area contributed by atoms with Crippen LogP contribution < -0.4 is 9.47 Å². The molecule has 4 nitrogen and oxygen atoms in total. The molecule has 1 saturated heterocycles. The van der Waals surface area contributed by atoms with E-state index in [1.165, 1.54) is 55.8 Å². The average Bonchev–Trinajstić information content (AvgIpc) is 3.12. The van der Waals surface area contributed by atoms with Gasteiger partial charge in [-0.1, -0.05) is 30.3 Å². The van der Waals surface area contributed by atoms with Gasteiger partial charge in [-0.25, -0.2) is 0 Å². The predicted molar refractivity (Wildman–Crippen MR) is 100 cm³/mol. The molecule has 4 heteroatoms. The van der Waals surface area contributed by atoms with Crippen molar-refractivity contribution in [2.45, 2.75) is 12.8 Å². The first-order valence-corrected chi connectivity index (χ1v) is 9.18. The molecule has 0 bridgehead atoms. The predicted octanol–water partition coefficient (Wildman–Crippen LogP) is 3.26. The summed E-state index contributed by atoms with van der Waals surface area (Å²) in [4.78, 5) is 4.99. The maximum Gasteiger partial charge on any atom is 0.231 e. The summed E-state index contributed by atoms with van der Waals surface area (Å²) in [6.07, 6.45) is 2.38. The number of nitrogens with zero attached hydrogens (tertiary/aromatic N) is 2. The normalized spacial score (nSPS) is 17.8. The van der Waals surface area contributed by atoms with E-state index in [9.17, 15) is 0 Å². The van der Waals surface area contributed by atoms with Crippen LogP contribution in [0.4, 0.5) is 0 Å². The number of ether oxygens (including phenoxy) is 2. The third kappa shape index (κ3) is 3.97. The van der Waals surface area contributed by atoms with Gasteiger partial charge in [0, 0.05) is 26.2 Å². The minimum Gasteiger partial charge on any atom is -0.454 e. The summed E-state index contributed by atoms with van der Waals surface area (Å²) >= 11 is 0. The van der Waals surface area contributed by atoms with E-state index in [1.807, 2.05) is 6.07 Å². The molecule has 2 heterocycles. The Kier molecular flexibility index (Phi) is 4.90. The van der Waals surface area contributed by atoms with Crippen molar-refractivity contribution >= 4 is 0 Å². The van der Waals surface area contributed by atoms with Gasteiger partial charge < -0.3 is 19.3 Å². The number of likely N-dealkylation sites (N-methyl/N-ethyl adjacent to an activating group) is 1. The van der Waals surface area contributed by atoms with Crippen molar-refractivity contribution in [1.82, 2.24) is 9.80 Å². The molecule has 4 rings (SSSR count). The quantitative estimate of drug-likeness (QED) is 0.835. The van der Waals surface area contributed by atoms with Crippen molar-refractivity contribution in [3.05, 3.63) is 48.0 Å². The van der Waals surface area contributed by atoms with Crippen LogP contribution in [0.2, 0.25) is 0 Å². The smallest absolute Gasteiger partial charge is 0.231 e. The summed E-state index contributed by atoms with van der Waals surface area (Å²) in [6, 6.07) is 15.1. The monoisotopic (exact) mass is 338 g/mol. The molecule has 2 aromatic carbocycles. The molecule has 0 aromatic heterocycles. The lowest BCUT2D eigenvalue weighted by atomic mass is 10.0. The van der Waals surface area contributed by atoms with E-state index < -0.39 is 0 Å². The fraction of sp³-hybridized carbons (Fsp3) is 0.429. The highest BCUT2D eigenvalue weighted by Gasteiger charge is 2.14. The van der Waals surface area contributed by atoms with Crippen molar-refractivity contribution in [3.63, 3.8) is 0 Å². The van der Waals surface area contributed by atoms with Gasteiger partial charge >= 0.3 is 0 Å². The Morgan fingerprint density at radius 2 is 1.56 bits per heavy atom. The first kappa shape index (κ1) is 16.4. The Hall–Kier alpha value is -2.04. The van der Waals surface area contributed by atoms with Crippen LogP contribution in [0.3, 0.4) is 0 Å². The average molecular weight is 338 g/mol. The van der Waals surface area contributed by atoms with Crippen LogP contribution in [-0.2, 0) is 6.42 Å². The molecular formula is C21H26N2O2. The van der Waals surface area contributed by atoms with Crippen LogP contribution in [0.1, 0.15) is 12.0 Å². The second-order valence-electron chi connectivity index (χ2n) is 7.01. The Morgan fingerprint density at radius 3 is 2.36 bits per heavy atom. The highest BCUT2D eigenvalue weighted by molar-refractivity contribution is 5.67. The van der Waals surface area contributed by atoms with E-state index in [0.717, 1.165) is 17.9 Å². The highest BCUT2D eigenvalue weighted by atomic mass is 16.7. The Morgan fingerprint density at radius 1 is 0.840 bits per heavy atom. The molecule has 0 atom stereocenters. The summed E-state index contributed by atoms with van der Waals surface area (Å²) in [7, 11) is 2.21. The Labute approximate surface area is 150 Å². The second-order valence-corrected chi connectivity index (χ2v) is 7.01. The molecule has 132 valence electrons. The highest BCUT2D eigenvalue weighted by Crippen LogP contribution is 2.35. The number of fused-ring (bicyclic) bond motifs is 1. The van der Waals surface area contributed by atoms with Gasteiger partial charge in [-0.2, -0.15) is 0 Å². The largest absolute Gasteiger partial charge is 0.454 e. The number of benzene rings is 2. The summed E-state index contributed by atoms with van der Waals surface area (Å²) in [5.41, 5.74) is 3.81. The van der Waals surface area contributed by atoms with Gasteiger partial charge in [0.25, 0.3) is 0 Å². The number of piperazine rings is 1. The van der Waals surface area contributed by atoms with Crippen LogP contribution in [0, 0.1) is 0 Å². The van der Waals surface area contributed by atoms with Gasteiger partial charge in [0.05, 0.1) is 0 Å². The van der Waals surface area contributed by atoms with Gasteiger partial charge in [-0.3, -0.25) is 0 Å². The topological polar surface area (TPSA) is 24.9 Å². The van der Waals surface area contributed by atoms with Crippen molar-refractivity contribution in [2.24, 2.45) is 0 Å². The van der Waals surface area contributed by atoms with Gasteiger partial charge in [-0.05, 0) is 55.3 Å². The molecule has 25 heavy (non-hydrogen) atoms. The third-order valence-electron chi connectivity index (χ3n) is 5.20. The lowest BCUT2D eigenvalue weighted by Gasteiger charge is -2.32. The number of hydrogen-bond donors (Lipinski definition) is 0. The molecule has 2 aliphatic heterocycles. The molecule has 0 saturated carbocycles. The summed E-state index contributed by atoms with van der Waals surface area (Å²) in [5.74, 6) is 1.68. The second kappa shape index (κ2) is 7.46. The first-order chi connectivity index (χ1) is 12.3. The van der Waals surface area contributed by atoms with Gasteiger partial charge in [0.1, 0.15) is 0 Å². The van der Waals surface area contributed by atoms with E-state index in [1.54, 1.807) is 0 Å². The zero-order chi connectivity index (χ0) is 17.1. The van der Waals surface area contributed by atoms with E-state index >= 15 is 0 Å². The van der Waals surface area contributed by atoms with Crippen LogP contribution in [-0.4, -0.2) is 56.4 Å². The van der Waals surface area contributed by atoms with E-state index in [4.69, 9.17) is 9.47 Å². The minimum atomic E-state index is 0.324. The number of rotatable bonds is 5. The van der Waals surface area contributed by atoms with E-state index in [-0.39, 0.29) is 0 Å². The zero-order valence-electron chi connectivity index (χ0n) is 14.9. The summed E-state index contributed by atoms with van der Waals surface area (Å²) < 4.78 is 10.9. The minimum absolute atomic E-state index is 0.324. The van der Waals surface area contributed by atoms with Gasteiger partial charge in [-0.15, -0.1) is 0 Å². The lowest BCUT2D eigenvalue weighted by Crippen LogP contribution is -2.44. The SMILES string of the molecule is CN1CCN(CCCc2ccc(-c3ccc4c(c3)OCO4)cc2)CC1. The molecule has 0 aliphatic carbocycles. The number of aryl methyl sites for hydroxylation is 1. The zero-order valence-corrected chi connectivity index (χ0v) is 14.9. The van der Waals surface area contributed by atoms with Gasteiger partial charge in [0.15, 0.2) is 11.5 Å². The molecular weight excluding hydrogens is 312 g/mol. The van der Waals surface area contributed by atoms with Crippen LogP contribution in [0.25, 0.3) is 11.1 Å². The molecule has 0 unspecified atom stereocenters. The summed E-state index contributed by atoms with van der Waals surface area (Å²) in [5, 5.41) is 0. The molecule has 2 aromatic rings. The molecule has 0 spiro atoms.